The molecular formula is C10H22N2O4S. The third kappa shape index (κ3) is 5.60. The van der Waals surface area contributed by atoms with Crippen LogP contribution in [0.25, 0.3) is 0 Å². The smallest absolute Gasteiger partial charge is 0.282 e. The average molecular weight is 266 g/mol. The van der Waals surface area contributed by atoms with Crippen molar-refractivity contribution in [2.24, 2.45) is 0 Å². The van der Waals surface area contributed by atoms with E-state index in [-0.39, 0.29) is 19.7 Å². The van der Waals surface area contributed by atoms with Gasteiger partial charge in [0.15, 0.2) is 0 Å². The summed E-state index contributed by atoms with van der Waals surface area (Å²) in [5.74, 6) is 0. The van der Waals surface area contributed by atoms with Gasteiger partial charge in [-0.2, -0.15) is 17.0 Å². The van der Waals surface area contributed by atoms with Gasteiger partial charge in [-0.25, -0.2) is 0 Å². The zero-order valence-corrected chi connectivity index (χ0v) is 11.3. The number of ether oxygens (including phenoxy) is 1. The summed E-state index contributed by atoms with van der Waals surface area (Å²) in [6, 6.07) is 0. The fourth-order valence-corrected chi connectivity index (χ4v) is 2.60. The van der Waals surface area contributed by atoms with Crippen LogP contribution < -0.4 is 0 Å². The molecule has 0 spiro atoms. The van der Waals surface area contributed by atoms with Crippen LogP contribution in [0.15, 0.2) is 12.7 Å². The van der Waals surface area contributed by atoms with Gasteiger partial charge in [0, 0.05) is 40.4 Å². The van der Waals surface area contributed by atoms with Gasteiger partial charge in [-0.3, -0.25) is 0 Å². The molecule has 0 aliphatic carbocycles. The molecule has 0 amide bonds. The summed E-state index contributed by atoms with van der Waals surface area (Å²) in [6.45, 7) is 4.67. The fraction of sp³-hybridized carbons (Fsp3) is 0.800. The van der Waals surface area contributed by atoms with Crippen LogP contribution in [0.4, 0.5) is 0 Å². The largest absolute Gasteiger partial charge is 0.396 e. The zero-order chi connectivity index (χ0) is 13.3. The predicted molar refractivity (Wildman–Crippen MR) is 66.9 cm³/mol. The second-order valence-corrected chi connectivity index (χ2v) is 5.58. The van der Waals surface area contributed by atoms with E-state index >= 15 is 0 Å². The first-order valence-electron chi connectivity index (χ1n) is 5.42. The molecule has 17 heavy (non-hydrogen) atoms. The van der Waals surface area contributed by atoms with Crippen molar-refractivity contribution >= 4 is 10.2 Å². The minimum atomic E-state index is -3.50. The molecule has 0 atom stereocenters. The van der Waals surface area contributed by atoms with Crippen LogP contribution in [0.2, 0.25) is 0 Å². The molecule has 0 saturated carbocycles. The van der Waals surface area contributed by atoms with E-state index in [0.717, 1.165) is 0 Å². The maximum Gasteiger partial charge on any atom is 0.282 e. The fourth-order valence-electron chi connectivity index (χ4n) is 1.24. The van der Waals surface area contributed by atoms with Gasteiger partial charge in [-0.15, -0.1) is 6.58 Å². The van der Waals surface area contributed by atoms with Gasteiger partial charge in [0.1, 0.15) is 0 Å². The number of methoxy groups -OCH3 is 1. The molecule has 0 fully saturated rings. The van der Waals surface area contributed by atoms with Crippen molar-refractivity contribution in [3.63, 3.8) is 0 Å². The average Bonchev–Trinajstić information content (AvgIpc) is 2.31. The Morgan fingerprint density at radius 2 is 2.06 bits per heavy atom. The second-order valence-electron chi connectivity index (χ2n) is 3.55. The van der Waals surface area contributed by atoms with Gasteiger partial charge in [-0.1, -0.05) is 6.08 Å². The molecule has 0 aromatic rings. The Labute approximate surface area is 104 Å². The third-order valence-corrected chi connectivity index (χ3v) is 4.18. The normalized spacial score (nSPS) is 12.3. The first kappa shape index (κ1) is 16.5. The van der Waals surface area contributed by atoms with E-state index in [1.807, 2.05) is 0 Å². The van der Waals surface area contributed by atoms with E-state index in [0.29, 0.717) is 19.6 Å². The molecule has 0 unspecified atom stereocenters. The lowest BCUT2D eigenvalue weighted by Crippen LogP contribution is -2.43. The Balaban J connectivity index is 4.62. The molecule has 0 aromatic carbocycles. The zero-order valence-electron chi connectivity index (χ0n) is 10.5. The number of hydrogen-bond acceptors (Lipinski definition) is 4. The van der Waals surface area contributed by atoms with Crippen molar-refractivity contribution in [3.8, 4) is 0 Å². The van der Waals surface area contributed by atoms with E-state index in [4.69, 9.17) is 9.84 Å². The number of aliphatic hydroxyl groups excluding tert-OH is 1. The van der Waals surface area contributed by atoms with Crippen LogP contribution in [-0.4, -0.2) is 69.1 Å². The maximum atomic E-state index is 12.1. The molecule has 0 rings (SSSR count). The Morgan fingerprint density at radius 1 is 1.41 bits per heavy atom. The van der Waals surface area contributed by atoms with Crippen molar-refractivity contribution in [1.82, 2.24) is 8.61 Å². The summed E-state index contributed by atoms with van der Waals surface area (Å²) in [5, 5.41) is 8.69. The van der Waals surface area contributed by atoms with Crippen LogP contribution >= 0.6 is 0 Å². The number of hydrogen-bond donors (Lipinski definition) is 1. The lowest BCUT2D eigenvalue weighted by molar-refractivity contribution is 0.179. The van der Waals surface area contributed by atoms with Crippen molar-refractivity contribution in [3.05, 3.63) is 12.7 Å². The van der Waals surface area contributed by atoms with Crippen LogP contribution in [0, 0.1) is 0 Å². The van der Waals surface area contributed by atoms with Gasteiger partial charge < -0.3 is 9.84 Å². The second kappa shape index (κ2) is 8.60. The summed E-state index contributed by atoms with van der Waals surface area (Å²) >= 11 is 0. The molecule has 6 nitrogen and oxygen atoms in total. The van der Waals surface area contributed by atoms with Crippen LogP contribution in [0.5, 0.6) is 0 Å². The van der Waals surface area contributed by atoms with Gasteiger partial charge >= 0.3 is 0 Å². The van der Waals surface area contributed by atoms with Gasteiger partial charge in [0.05, 0.1) is 6.61 Å². The highest BCUT2D eigenvalue weighted by atomic mass is 32.2. The van der Waals surface area contributed by atoms with Crippen molar-refractivity contribution in [2.45, 2.75) is 6.42 Å². The minimum Gasteiger partial charge on any atom is -0.396 e. The first-order valence-corrected chi connectivity index (χ1v) is 6.82. The van der Waals surface area contributed by atoms with Crippen molar-refractivity contribution in [1.29, 1.82) is 0 Å². The molecule has 0 radical (unpaired) electrons. The van der Waals surface area contributed by atoms with Crippen molar-refractivity contribution < 1.29 is 18.3 Å². The van der Waals surface area contributed by atoms with Crippen molar-refractivity contribution in [2.75, 3.05) is 47.0 Å². The Hall–Kier alpha value is -0.470. The van der Waals surface area contributed by atoms with E-state index in [1.54, 1.807) is 0 Å². The molecule has 0 aliphatic heterocycles. The monoisotopic (exact) mass is 266 g/mol. The van der Waals surface area contributed by atoms with Gasteiger partial charge in [0.25, 0.3) is 10.2 Å². The topological polar surface area (TPSA) is 70.1 Å². The molecular weight excluding hydrogens is 244 g/mol. The third-order valence-electron chi connectivity index (χ3n) is 2.23. The quantitative estimate of drug-likeness (QED) is 0.550. The maximum absolute atomic E-state index is 12.1. The van der Waals surface area contributed by atoms with Crippen LogP contribution in [0.1, 0.15) is 6.42 Å². The summed E-state index contributed by atoms with van der Waals surface area (Å²) in [6.07, 6.45) is 1.95. The molecule has 0 aromatic heterocycles. The summed E-state index contributed by atoms with van der Waals surface area (Å²) in [4.78, 5) is 0. The summed E-state index contributed by atoms with van der Waals surface area (Å²) in [5.41, 5.74) is 0. The highest BCUT2D eigenvalue weighted by Crippen LogP contribution is 2.06. The molecule has 0 aliphatic rings. The number of aliphatic hydroxyl groups is 1. The molecule has 1 N–H and O–H groups in total. The SMILES string of the molecule is C=CCN(CCOC)S(=O)(=O)N(C)CCCO. The molecule has 0 heterocycles. The first-order chi connectivity index (χ1) is 8.00. The molecule has 0 bridgehead atoms. The van der Waals surface area contributed by atoms with E-state index in [1.165, 1.54) is 28.8 Å². The highest BCUT2D eigenvalue weighted by Gasteiger charge is 2.25. The summed E-state index contributed by atoms with van der Waals surface area (Å²) < 4.78 is 31.6. The predicted octanol–water partition coefficient (Wildman–Crippen LogP) is -0.320. The van der Waals surface area contributed by atoms with E-state index in [2.05, 4.69) is 6.58 Å². The minimum absolute atomic E-state index is 0.0284. The van der Waals surface area contributed by atoms with Crippen LogP contribution in [0.3, 0.4) is 0 Å². The summed E-state index contributed by atoms with van der Waals surface area (Å²) in [7, 11) is -0.487. The molecule has 102 valence electrons. The highest BCUT2D eigenvalue weighted by molar-refractivity contribution is 7.86. The Kier molecular flexibility index (Phi) is 8.36. The van der Waals surface area contributed by atoms with Crippen LogP contribution in [-0.2, 0) is 14.9 Å². The van der Waals surface area contributed by atoms with E-state index in [9.17, 15) is 8.42 Å². The van der Waals surface area contributed by atoms with Gasteiger partial charge in [0.2, 0.25) is 0 Å². The lowest BCUT2D eigenvalue weighted by atomic mass is 10.5. The standard InChI is InChI=1S/C10H22N2O4S/c1-4-6-12(8-10-16-3)17(14,15)11(2)7-5-9-13/h4,13H,1,5-10H2,2-3H3. The van der Waals surface area contributed by atoms with E-state index < -0.39 is 10.2 Å². The molecule has 0 saturated heterocycles. The lowest BCUT2D eigenvalue weighted by Gasteiger charge is -2.26. The molecule has 7 heteroatoms. The number of rotatable bonds is 10. The van der Waals surface area contributed by atoms with Gasteiger partial charge in [-0.05, 0) is 6.42 Å². The Morgan fingerprint density at radius 3 is 2.53 bits per heavy atom. The Bertz CT molecular complexity index is 305. The number of nitrogens with zero attached hydrogens (tertiary/aromatic N) is 2.